The summed E-state index contributed by atoms with van der Waals surface area (Å²) in [4.78, 5) is 25.9. The van der Waals surface area contributed by atoms with Gasteiger partial charge >= 0.3 is 12.1 Å². The summed E-state index contributed by atoms with van der Waals surface area (Å²) in [5.41, 5.74) is -0.117. The highest BCUT2D eigenvalue weighted by Crippen LogP contribution is 2.34. The van der Waals surface area contributed by atoms with Crippen LogP contribution in [0.25, 0.3) is 10.8 Å². The molecule has 0 atom stereocenters. The minimum atomic E-state index is -0.673. The highest BCUT2D eigenvalue weighted by Gasteiger charge is 2.27. The number of esters is 1. The Kier molecular flexibility index (Phi) is 6.06. The highest BCUT2D eigenvalue weighted by atomic mass is 79.9. The van der Waals surface area contributed by atoms with E-state index < -0.39 is 17.7 Å². The quantitative estimate of drug-likeness (QED) is 0.675. The van der Waals surface area contributed by atoms with Crippen LogP contribution in [0.15, 0.2) is 40.9 Å². The fraction of sp³-hybridized carbons (Fsp3) is 0.368. The molecule has 0 heterocycles. The molecule has 0 aromatic heterocycles. The van der Waals surface area contributed by atoms with Gasteiger partial charge in [0.25, 0.3) is 0 Å². The molecule has 0 unspecified atom stereocenters. The SMILES string of the molecule is CCOC(=O)CN(C(=O)OC(C)(C)C)c1ccc2ccccc2c1Br. The summed E-state index contributed by atoms with van der Waals surface area (Å²) < 4.78 is 11.2. The van der Waals surface area contributed by atoms with Crippen LogP contribution >= 0.6 is 15.9 Å². The van der Waals surface area contributed by atoms with E-state index in [4.69, 9.17) is 9.47 Å². The molecule has 2 rings (SSSR count). The van der Waals surface area contributed by atoms with Crippen molar-refractivity contribution in [2.75, 3.05) is 18.1 Å². The second-order valence-electron chi connectivity index (χ2n) is 6.49. The molecular formula is C19H22BrNO4. The van der Waals surface area contributed by atoms with Gasteiger partial charge in [0, 0.05) is 4.47 Å². The van der Waals surface area contributed by atoms with E-state index in [9.17, 15) is 9.59 Å². The molecule has 0 aliphatic rings. The average molecular weight is 408 g/mol. The van der Waals surface area contributed by atoms with Crippen LogP contribution in [0.2, 0.25) is 0 Å². The number of rotatable bonds is 4. The number of amides is 1. The molecule has 5 nitrogen and oxygen atoms in total. The number of ether oxygens (including phenoxy) is 2. The maximum Gasteiger partial charge on any atom is 0.415 e. The Morgan fingerprint density at radius 3 is 2.44 bits per heavy atom. The third kappa shape index (κ3) is 4.95. The van der Waals surface area contributed by atoms with Crippen molar-refractivity contribution in [2.24, 2.45) is 0 Å². The number of benzene rings is 2. The molecule has 0 N–H and O–H groups in total. The summed E-state index contributed by atoms with van der Waals surface area (Å²) in [5, 5.41) is 1.97. The minimum absolute atomic E-state index is 0.223. The van der Waals surface area contributed by atoms with Crippen molar-refractivity contribution >= 4 is 44.5 Å². The van der Waals surface area contributed by atoms with Crippen LogP contribution in [0.3, 0.4) is 0 Å². The van der Waals surface area contributed by atoms with Crippen LogP contribution < -0.4 is 4.90 Å². The third-order valence-electron chi connectivity index (χ3n) is 3.34. The zero-order valence-corrected chi connectivity index (χ0v) is 16.4. The first-order valence-electron chi connectivity index (χ1n) is 8.06. The molecule has 0 radical (unpaired) electrons. The second-order valence-corrected chi connectivity index (χ2v) is 7.28. The number of carbonyl (C=O) groups is 2. The Hall–Kier alpha value is -2.08. The van der Waals surface area contributed by atoms with Gasteiger partial charge in [-0.3, -0.25) is 9.69 Å². The van der Waals surface area contributed by atoms with Crippen molar-refractivity contribution in [1.82, 2.24) is 0 Å². The molecule has 0 aliphatic carbocycles. The molecule has 25 heavy (non-hydrogen) atoms. The number of hydrogen-bond acceptors (Lipinski definition) is 4. The van der Waals surface area contributed by atoms with Crippen molar-refractivity contribution in [3.05, 3.63) is 40.9 Å². The van der Waals surface area contributed by atoms with Crippen LogP contribution in [0.4, 0.5) is 10.5 Å². The van der Waals surface area contributed by atoms with Gasteiger partial charge in [0.15, 0.2) is 0 Å². The number of anilines is 1. The molecule has 0 saturated heterocycles. The number of hydrogen-bond donors (Lipinski definition) is 0. The zero-order valence-electron chi connectivity index (χ0n) is 14.8. The van der Waals surface area contributed by atoms with E-state index in [1.807, 2.05) is 30.3 Å². The van der Waals surface area contributed by atoms with Crippen molar-refractivity contribution in [3.8, 4) is 0 Å². The number of fused-ring (bicyclic) bond motifs is 1. The van der Waals surface area contributed by atoms with Gasteiger partial charge < -0.3 is 9.47 Å². The smallest absolute Gasteiger partial charge is 0.415 e. The summed E-state index contributed by atoms with van der Waals surface area (Å²) >= 11 is 3.56. The zero-order chi connectivity index (χ0) is 18.6. The van der Waals surface area contributed by atoms with Crippen LogP contribution in [0.5, 0.6) is 0 Å². The van der Waals surface area contributed by atoms with Crippen molar-refractivity contribution < 1.29 is 19.1 Å². The van der Waals surface area contributed by atoms with E-state index in [1.165, 1.54) is 4.90 Å². The topological polar surface area (TPSA) is 55.8 Å². The molecule has 2 aromatic carbocycles. The second kappa shape index (κ2) is 7.87. The maximum absolute atomic E-state index is 12.7. The van der Waals surface area contributed by atoms with Crippen LogP contribution in [0.1, 0.15) is 27.7 Å². The van der Waals surface area contributed by atoms with Crippen molar-refractivity contribution in [2.45, 2.75) is 33.3 Å². The van der Waals surface area contributed by atoms with Crippen LogP contribution in [-0.4, -0.2) is 30.8 Å². The first-order valence-corrected chi connectivity index (χ1v) is 8.85. The summed E-state index contributed by atoms with van der Waals surface area (Å²) in [6, 6.07) is 11.5. The van der Waals surface area contributed by atoms with Crippen LogP contribution in [-0.2, 0) is 14.3 Å². The fourth-order valence-electron chi connectivity index (χ4n) is 2.33. The van der Waals surface area contributed by atoms with Gasteiger partial charge in [0.2, 0.25) is 0 Å². The first-order chi connectivity index (χ1) is 11.7. The van der Waals surface area contributed by atoms with E-state index >= 15 is 0 Å². The number of carbonyl (C=O) groups excluding carboxylic acids is 2. The van der Waals surface area contributed by atoms with Gasteiger partial charge in [-0.15, -0.1) is 0 Å². The van der Waals surface area contributed by atoms with Gasteiger partial charge in [0.05, 0.1) is 12.3 Å². The summed E-state index contributed by atoms with van der Waals surface area (Å²) in [6.45, 7) is 7.09. The molecule has 0 fully saturated rings. The Balaban J connectivity index is 2.45. The van der Waals surface area contributed by atoms with Gasteiger partial charge in [-0.2, -0.15) is 0 Å². The molecule has 0 saturated carbocycles. The molecule has 1 amide bonds. The number of nitrogens with zero attached hydrogens (tertiary/aromatic N) is 1. The normalized spacial score (nSPS) is 11.2. The van der Waals surface area contributed by atoms with E-state index in [0.29, 0.717) is 5.69 Å². The Morgan fingerprint density at radius 1 is 1.12 bits per heavy atom. The largest absolute Gasteiger partial charge is 0.465 e. The number of halogens is 1. The average Bonchev–Trinajstić information content (AvgIpc) is 2.52. The van der Waals surface area contributed by atoms with Crippen LogP contribution in [0, 0.1) is 0 Å². The molecule has 0 aliphatic heterocycles. The lowest BCUT2D eigenvalue weighted by molar-refractivity contribution is -0.141. The predicted octanol–water partition coefficient (Wildman–Crippen LogP) is 4.91. The van der Waals surface area contributed by atoms with E-state index in [-0.39, 0.29) is 13.2 Å². The summed E-state index contributed by atoms with van der Waals surface area (Å²) in [6.07, 6.45) is -0.600. The Morgan fingerprint density at radius 2 is 1.80 bits per heavy atom. The first kappa shape index (κ1) is 19.2. The molecular weight excluding hydrogens is 386 g/mol. The molecule has 134 valence electrons. The minimum Gasteiger partial charge on any atom is -0.465 e. The van der Waals surface area contributed by atoms with Gasteiger partial charge in [0.1, 0.15) is 12.1 Å². The highest BCUT2D eigenvalue weighted by molar-refractivity contribution is 9.10. The lowest BCUT2D eigenvalue weighted by Gasteiger charge is -2.27. The molecule has 0 bridgehead atoms. The van der Waals surface area contributed by atoms with E-state index in [0.717, 1.165) is 15.2 Å². The Bertz CT molecular complexity index is 783. The molecule has 0 spiro atoms. The van der Waals surface area contributed by atoms with E-state index in [2.05, 4.69) is 15.9 Å². The third-order valence-corrected chi connectivity index (χ3v) is 4.17. The van der Waals surface area contributed by atoms with E-state index in [1.54, 1.807) is 33.8 Å². The van der Waals surface area contributed by atoms with Gasteiger partial charge in [-0.1, -0.05) is 30.3 Å². The Labute approximate surface area is 156 Å². The monoisotopic (exact) mass is 407 g/mol. The summed E-state index contributed by atoms with van der Waals surface area (Å²) in [7, 11) is 0. The van der Waals surface area contributed by atoms with Crippen molar-refractivity contribution in [3.63, 3.8) is 0 Å². The standard InChI is InChI=1S/C19H22BrNO4/c1-5-24-16(22)12-21(18(23)25-19(2,3)4)15-11-10-13-8-6-7-9-14(13)17(15)20/h6-11H,5,12H2,1-4H3. The fourth-order valence-corrected chi connectivity index (χ4v) is 3.04. The summed E-state index contributed by atoms with van der Waals surface area (Å²) in [5.74, 6) is -0.492. The molecule has 2 aromatic rings. The van der Waals surface area contributed by atoms with Crippen molar-refractivity contribution in [1.29, 1.82) is 0 Å². The maximum atomic E-state index is 12.7. The van der Waals surface area contributed by atoms with Gasteiger partial charge in [-0.25, -0.2) is 4.79 Å². The van der Waals surface area contributed by atoms with Gasteiger partial charge in [-0.05, 0) is 60.5 Å². The lowest BCUT2D eigenvalue weighted by Crippen LogP contribution is -2.40. The predicted molar refractivity (Wildman–Crippen MR) is 102 cm³/mol. The lowest BCUT2D eigenvalue weighted by atomic mass is 10.1. The molecule has 6 heteroatoms.